The molecular weight excluding hydrogens is 222 g/mol. The number of furan rings is 1. The molecule has 17 heavy (non-hydrogen) atoms. The van der Waals surface area contributed by atoms with Crippen molar-refractivity contribution in [2.24, 2.45) is 5.92 Å². The molecule has 0 spiro atoms. The third-order valence-electron chi connectivity index (χ3n) is 2.28. The minimum absolute atomic E-state index is 0.0740. The average molecular weight is 239 g/mol. The van der Waals surface area contributed by atoms with Gasteiger partial charge in [-0.3, -0.25) is 4.79 Å². The van der Waals surface area contributed by atoms with E-state index in [-0.39, 0.29) is 17.4 Å². The van der Waals surface area contributed by atoms with E-state index in [1.807, 2.05) is 20.8 Å². The van der Waals surface area contributed by atoms with E-state index >= 15 is 0 Å². The quantitative estimate of drug-likeness (QED) is 0.854. The molecule has 0 radical (unpaired) electrons. The van der Waals surface area contributed by atoms with E-state index < -0.39 is 5.97 Å². The number of carbonyl (C=O) groups is 2. The van der Waals surface area contributed by atoms with E-state index in [9.17, 15) is 9.59 Å². The minimum atomic E-state index is -1.17. The predicted octanol–water partition coefficient (Wildman–Crippen LogP) is 2.10. The van der Waals surface area contributed by atoms with Crippen molar-refractivity contribution >= 4 is 11.9 Å². The Morgan fingerprint density at radius 1 is 1.35 bits per heavy atom. The van der Waals surface area contributed by atoms with Crippen molar-refractivity contribution in [2.45, 2.75) is 20.8 Å². The second-order valence-electron chi connectivity index (χ2n) is 4.21. The SMILES string of the molecule is CCN(CC(C)C)C(=O)c1ccc(C(=O)O)o1. The molecule has 0 unspecified atom stereocenters. The first-order chi connectivity index (χ1) is 7.95. The monoisotopic (exact) mass is 239 g/mol. The maximum absolute atomic E-state index is 12.0. The summed E-state index contributed by atoms with van der Waals surface area (Å²) in [5.41, 5.74) is 0. The van der Waals surface area contributed by atoms with Crippen LogP contribution in [-0.2, 0) is 0 Å². The first-order valence-corrected chi connectivity index (χ1v) is 5.58. The summed E-state index contributed by atoms with van der Waals surface area (Å²) in [6, 6.07) is 2.69. The topological polar surface area (TPSA) is 70.8 Å². The van der Waals surface area contributed by atoms with Crippen molar-refractivity contribution < 1.29 is 19.1 Å². The Hall–Kier alpha value is -1.78. The van der Waals surface area contributed by atoms with Gasteiger partial charge in [-0.2, -0.15) is 0 Å². The van der Waals surface area contributed by atoms with Crippen molar-refractivity contribution in [3.05, 3.63) is 23.7 Å². The number of rotatable bonds is 5. The van der Waals surface area contributed by atoms with E-state index in [1.54, 1.807) is 4.90 Å². The fourth-order valence-electron chi connectivity index (χ4n) is 1.52. The van der Waals surface area contributed by atoms with Crippen LogP contribution >= 0.6 is 0 Å². The number of aromatic carboxylic acids is 1. The Kier molecular flexibility index (Phi) is 4.31. The number of hydrogen-bond acceptors (Lipinski definition) is 3. The Labute approximate surface area is 100 Å². The molecule has 5 nitrogen and oxygen atoms in total. The molecule has 0 aromatic carbocycles. The highest BCUT2D eigenvalue weighted by molar-refractivity contribution is 5.93. The zero-order valence-electron chi connectivity index (χ0n) is 10.3. The zero-order chi connectivity index (χ0) is 13.0. The van der Waals surface area contributed by atoms with Gasteiger partial charge in [0.1, 0.15) is 0 Å². The molecular formula is C12H17NO4. The van der Waals surface area contributed by atoms with E-state index in [4.69, 9.17) is 9.52 Å². The maximum atomic E-state index is 12.0. The van der Waals surface area contributed by atoms with Crippen LogP contribution in [0.2, 0.25) is 0 Å². The lowest BCUT2D eigenvalue weighted by atomic mass is 10.2. The van der Waals surface area contributed by atoms with E-state index in [0.29, 0.717) is 19.0 Å². The van der Waals surface area contributed by atoms with Gasteiger partial charge >= 0.3 is 5.97 Å². The Balaban J connectivity index is 2.82. The predicted molar refractivity (Wildman–Crippen MR) is 62.1 cm³/mol. The normalized spacial score (nSPS) is 10.6. The Morgan fingerprint density at radius 2 is 1.94 bits per heavy atom. The molecule has 0 fully saturated rings. The van der Waals surface area contributed by atoms with Gasteiger partial charge in [-0.05, 0) is 25.0 Å². The summed E-state index contributed by atoms with van der Waals surface area (Å²) in [5, 5.41) is 8.70. The molecule has 0 saturated heterocycles. The van der Waals surface area contributed by atoms with Crippen molar-refractivity contribution in [1.82, 2.24) is 4.90 Å². The van der Waals surface area contributed by atoms with Gasteiger partial charge in [0.25, 0.3) is 5.91 Å². The number of amides is 1. The van der Waals surface area contributed by atoms with Gasteiger partial charge in [0.15, 0.2) is 5.76 Å². The van der Waals surface area contributed by atoms with Gasteiger partial charge in [-0.25, -0.2) is 4.79 Å². The second kappa shape index (κ2) is 5.52. The molecule has 1 aromatic heterocycles. The molecule has 1 aromatic rings. The highest BCUT2D eigenvalue weighted by atomic mass is 16.4. The van der Waals surface area contributed by atoms with Crippen molar-refractivity contribution in [3.63, 3.8) is 0 Å². The van der Waals surface area contributed by atoms with Crippen LogP contribution in [0.25, 0.3) is 0 Å². The van der Waals surface area contributed by atoms with E-state index in [2.05, 4.69) is 0 Å². The molecule has 0 aliphatic rings. The van der Waals surface area contributed by atoms with Gasteiger partial charge in [0.2, 0.25) is 5.76 Å². The number of nitrogens with zero attached hydrogens (tertiary/aromatic N) is 1. The van der Waals surface area contributed by atoms with Gasteiger partial charge in [-0.1, -0.05) is 13.8 Å². The minimum Gasteiger partial charge on any atom is -0.475 e. The summed E-state index contributed by atoms with van der Waals surface area (Å²) in [5.74, 6) is -1.23. The average Bonchev–Trinajstić information content (AvgIpc) is 2.73. The van der Waals surface area contributed by atoms with Gasteiger partial charge in [-0.15, -0.1) is 0 Å². The molecule has 0 bridgehead atoms. The van der Waals surface area contributed by atoms with Gasteiger partial charge in [0.05, 0.1) is 0 Å². The molecule has 1 heterocycles. The number of hydrogen-bond donors (Lipinski definition) is 1. The first kappa shape index (κ1) is 13.3. The highest BCUT2D eigenvalue weighted by Gasteiger charge is 2.20. The van der Waals surface area contributed by atoms with Crippen molar-refractivity contribution in [1.29, 1.82) is 0 Å². The summed E-state index contributed by atoms with van der Waals surface area (Å²) in [6.07, 6.45) is 0. The molecule has 0 aliphatic heterocycles. The maximum Gasteiger partial charge on any atom is 0.371 e. The molecule has 1 rings (SSSR count). The third kappa shape index (κ3) is 3.34. The number of carboxylic acid groups (broad SMARTS) is 1. The summed E-state index contributed by atoms with van der Waals surface area (Å²) in [4.78, 5) is 24.3. The molecule has 0 atom stereocenters. The van der Waals surface area contributed by atoms with Crippen molar-refractivity contribution in [2.75, 3.05) is 13.1 Å². The number of carbonyl (C=O) groups excluding carboxylic acids is 1. The standard InChI is InChI=1S/C12H17NO4/c1-4-13(7-8(2)3)11(14)9-5-6-10(17-9)12(15)16/h5-6,8H,4,7H2,1-3H3,(H,15,16). The molecule has 0 saturated carbocycles. The Bertz CT molecular complexity index is 408. The van der Waals surface area contributed by atoms with Crippen LogP contribution in [0.15, 0.2) is 16.5 Å². The van der Waals surface area contributed by atoms with Crippen LogP contribution in [0.4, 0.5) is 0 Å². The smallest absolute Gasteiger partial charge is 0.371 e. The number of carboxylic acids is 1. The largest absolute Gasteiger partial charge is 0.475 e. The highest BCUT2D eigenvalue weighted by Crippen LogP contribution is 2.12. The van der Waals surface area contributed by atoms with Crippen LogP contribution in [-0.4, -0.2) is 35.0 Å². The third-order valence-corrected chi connectivity index (χ3v) is 2.28. The Morgan fingerprint density at radius 3 is 2.35 bits per heavy atom. The van der Waals surface area contributed by atoms with Crippen LogP contribution < -0.4 is 0 Å². The van der Waals surface area contributed by atoms with Gasteiger partial charge in [0, 0.05) is 13.1 Å². The van der Waals surface area contributed by atoms with E-state index in [0.717, 1.165) is 0 Å². The van der Waals surface area contributed by atoms with Crippen LogP contribution in [0, 0.1) is 5.92 Å². The lowest BCUT2D eigenvalue weighted by Crippen LogP contribution is -2.33. The summed E-state index contributed by atoms with van der Waals surface area (Å²) in [6.45, 7) is 7.10. The van der Waals surface area contributed by atoms with E-state index in [1.165, 1.54) is 12.1 Å². The summed E-state index contributed by atoms with van der Waals surface area (Å²) >= 11 is 0. The molecule has 1 amide bonds. The fraction of sp³-hybridized carbons (Fsp3) is 0.500. The summed E-state index contributed by atoms with van der Waals surface area (Å²) < 4.78 is 4.98. The lowest BCUT2D eigenvalue weighted by Gasteiger charge is -2.21. The zero-order valence-corrected chi connectivity index (χ0v) is 10.3. The summed E-state index contributed by atoms with van der Waals surface area (Å²) in [7, 11) is 0. The first-order valence-electron chi connectivity index (χ1n) is 5.58. The van der Waals surface area contributed by atoms with Crippen LogP contribution in [0.3, 0.4) is 0 Å². The van der Waals surface area contributed by atoms with Crippen molar-refractivity contribution in [3.8, 4) is 0 Å². The van der Waals surface area contributed by atoms with Crippen LogP contribution in [0.5, 0.6) is 0 Å². The van der Waals surface area contributed by atoms with Gasteiger partial charge < -0.3 is 14.4 Å². The second-order valence-corrected chi connectivity index (χ2v) is 4.21. The van der Waals surface area contributed by atoms with Crippen LogP contribution in [0.1, 0.15) is 41.9 Å². The molecule has 0 aliphatic carbocycles. The lowest BCUT2D eigenvalue weighted by molar-refractivity contribution is 0.0647. The fourth-order valence-corrected chi connectivity index (χ4v) is 1.52. The molecule has 5 heteroatoms. The molecule has 1 N–H and O–H groups in total. The molecule has 94 valence electrons.